The molecule has 0 saturated carbocycles. The van der Waals surface area contributed by atoms with Gasteiger partial charge in [-0.2, -0.15) is 0 Å². The van der Waals surface area contributed by atoms with Crippen molar-refractivity contribution in [3.8, 4) is 0 Å². The first kappa shape index (κ1) is 12.8. The van der Waals surface area contributed by atoms with Crippen LogP contribution in [0.25, 0.3) is 0 Å². The first-order valence-electron chi connectivity index (χ1n) is 6.75. The normalized spacial score (nSPS) is 24.3. The van der Waals surface area contributed by atoms with E-state index in [0.717, 1.165) is 39.3 Å². The Kier molecular flexibility index (Phi) is 3.73. The van der Waals surface area contributed by atoms with E-state index in [1.165, 1.54) is 12.8 Å². The maximum absolute atomic E-state index is 12.5. The van der Waals surface area contributed by atoms with Crippen molar-refractivity contribution in [1.29, 1.82) is 0 Å². The first-order chi connectivity index (χ1) is 8.01. The van der Waals surface area contributed by atoms with Crippen LogP contribution in [0.5, 0.6) is 0 Å². The van der Waals surface area contributed by atoms with E-state index in [-0.39, 0.29) is 5.54 Å². The minimum absolute atomic E-state index is 0.319. The third-order valence-corrected chi connectivity index (χ3v) is 4.21. The standard InChI is InChI=1S/C13H25N3O/c1-13(2,12(17)15-6-4-5-7-15)16-10-8-14(3)9-11-16/h4-11H2,1-3H3. The summed E-state index contributed by atoms with van der Waals surface area (Å²) in [5.74, 6) is 0.319. The quantitative estimate of drug-likeness (QED) is 0.707. The zero-order chi connectivity index (χ0) is 12.5. The van der Waals surface area contributed by atoms with E-state index in [1.54, 1.807) is 0 Å². The second-order valence-electron chi connectivity index (χ2n) is 5.85. The second-order valence-corrected chi connectivity index (χ2v) is 5.85. The van der Waals surface area contributed by atoms with Crippen LogP contribution in [0, 0.1) is 0 Å². The van der Waals surface area contributed by atoms with Crippen molar-refractivity contribution >= 4 is 5.91 Å². The number of hydrogen-bond acceptors (Lipinski definition) is 3. The Hall–Kier alpha value is -0.610. The predicted octanol–water partition coefficient (Wildman–Crippen LogP) is 0.635. The van der Waals surface area contributed by atoms with Gasteiger partial charge in [0.1, 0.15) is 0 Å². The van der Waals surface area contributed by atoms with Crippen LogP contribution in [0.1, 0.15) is 26.7 Å². The number of amides is 1. The lowest BCUT2D eigenvalue weighted by atomic mass is 9.99. The van der Waals surface area contributed by atoms with E-state index < -0.39 is 0 Å². The van der Waals surface area contributed by atoms with Gasteiger partial charge in [0.15, 0.2) is 0 Å². The minimum Gasteiger partial charge on any atom is -0.341 e. The molecule has 4 nitrogen and oxygen atoms in total. The minimum atomic E-state index is -0.328. The molecule has 4 heteroatoms. The van der Waals surface area contributed by atoms with Crippen LogP contribution < -0.4 is 0 Å². The van der Waals surface area contributed by atoms with E-state index in [0.29, 0.717) is 5.91 Å². The average molecular weight is 239 g/mol. The molecule has 0 unspecified atom stereocenters. The maximum atomic E-state index is 12.5. The summed E-state index contributed by atoms with van der Waals surface area (Å²) in [4.78, 5) is 19.2. The first-order valence-corrected chi connectivity index (χ1v) is 6.75. The summed E-state index contributed by atoms with van der Waals surface area (Å²) in [6, 6.07) is 0. The second kappa shape index (κ2) is 4.94. The van der Waals surface area contributed by atoms with Gasteiger partial charge in [0.05, 0.1) is 5.54 Å². The highest BCUT2D eigenvalue weighted by Crippen LogP contribution is 2.22. The van der Waals surface area contributed by atoms with Crippen LogP contribution >= 0.6 is 0 Å². The maximum Gasteiger partial charge on any atom is 0.242 e. The van der Waals surface area contributed by atoms with Gasteiger partial charge in [0, 0.05) is 39.3 Å². The van der Waals surface area contributed by atoms with Crippen LogP contribution in [-0.4, -0.2) is 72.5 Å². The molecular formula is C13H25N3O. The van der Waals surface area contributed by atoms with E-state index in [1.807, 2.05) is 4.90 Å². The molecule has 2 rings (SSSR count). The third kappa shape index (κ3) is 2.63. The predicted molar refractivity (Wildman–Crippen MR) is 69.0 cm³/mol. The highest BCUT2D eigenvalue weighted by atomic mass is 16.2. The zero-order valence-electron chi connectivity index (χ0n) is 11.4. The van der Waals surface area contributed by atoms with Gasteiger partial charge in [-0.15, -0.1) is 0 Å². The van der Waals surface area contributed by atoms with Gasteiger partial charge in [-0.05, 0) is 33.7 Å². The number of likely N-dealkylation sites (N-methyl/N-ethyl adjacent to an activating group) is 1. The Labute approximate surface area is 105 Å². The fourth-order valence-corrected chi connectivity index (χ4v) is 2.81. The molecule has 2 aliphatic heterocycles. The molecule has 2 fully saturated rings. The number of rotatable bonds is 2. The van der Waals surface area contributed by atoms with Crippen LogP contribution in [0.2, 0.25) is 0 Å². The molecule has 0 aromatic heterocycles. The summed E-state index contributed by atoms with van der Waals surface area (Å²) < 4.78 is 0. The van der Waals surface area contributed by atoms with E-state index in [2.05, 4.69) is 30.7 Å². The number of carbonyl (C=O) groups is 1. The Morgan fingerprint density at radius 1 is 0.941 bits per heavy atom. The van der Waals surface area contributed by atoms with E-state index in [9.17, 15) is 4.79 Å². The van der Waals surface area contributed by atoms with E-state index >= 15 is 0 Å². The molecular weight excluding hydrogens is 214 g/mol. The summed E-state index contributed by atoms with van der Waals surface area (Å²) in [5.41, 5.74) is -0.328. The molecule has 0 radical (unpaired) electrons. The summed E-state index contributed by atoms with van der Waals surface area (Å²) >= 11 is 0. The molecule has 2 saturated heterocycles. The van der Waals surface area contributed by atoms with Crippen molar-refractivity contribution < 1.29 is 4.79 Å². The fraction of sp³-hybridized carbons (Fsp3) is 0.923. The SMILES string of the molecule is CN1CCN(C(C)(C)C(=O)N2CCCC2)CC1. The number of hydrogen-bond donors (Lipinski definition) is 0. The van der Waals surface area contributed by atoms with Gasteiger partial charge in [0.25, 0.3) is 0 Å². The molecule has 0 bridgehead atoms. The van der Waals surface area contributed by atoms with Crippen LogP contribution in [0.4, 0.5) is 0 Å². The highest BCUT2D eigenvalue weighted by molar-refractivity contribution is 5.85. The molecule has 2 aliphatic rings. The van der Waals surface area contributed by atoms with Gasteiger partial charge >= 0.3 is 0 Å². The summed E-state index contributed by atoms with van der Waals surface area (Å²) in [7, 11) is 2.15. The Balaban J connectivity index is 1.99. The third-order valence-electron chi connectivity index (χ3n) is 4.21. The lowest BCUT2D eigenvalue weighted by Gasteiger charge is -2.43. The van der Waals surface area contributed by atoms with Crippen molar-refractivity contribution in [1.82, 2.24) is 14.7 Å². The van der Waals surface area contributed by atoms with Gasteiger partial charge in [-0.3, -0.25) is 9.69 Å². The largest absolute Gasteiger partial charge is 0.341 e. The Bertz CT molecular complexity index is 276. The molecule has 0 atom stereocenters. The lowest BCUT2D eigenvalue weighted by Crippen LogP contribution is -2.60. The van der Waals surface area contributed by atoms with Gasteiger partial charge in [0.2, 0.25) is 5.91 Å². The van der Waals surface area contributed by atoms with E-state index in [4.69, 9.17) is 0 Å². The number of likely N-dealkylation sites (tertiary alicyclic amines) is 1. The monoisotopic (exact) mass is 239 g/mol. The molecule has 17 heavy (non-hydrogen) atoms. The summed E-state index contributed by atoms with van der Waals surface area (Å²) in [6.45, 7) is 10.2. The summed E-state index contributed by atoms with van der Waals surface area (Å²) in [5, 5.41) is 0. The zero-order valence-corrected chi connectivity index (χ0v) is 11.4. The molecule has 2 heterocycles. The van der Waals surface area contributed by atoms with Crippen molar-refractivity contribution in [3.63, 3.8) is 0 Å². The van der Waals surface area contributed by atoms with Crippen molar-refractivity contribution in [2.24, 2.45) is 0 Å². The molecule has 0 aromatic rings. The van der Waals surface area contributed by atoms with Crippen molar-refractivity contribution in [2.75, 3.05) is 46.3 Å². The van der Waals surface area contributed by atoms with Gasteiger partial charge in [-0.1, -0.05) is 0 Å². The number of piperazine rings is 1. The summed E-state index contributed by atoms with van der Waals surface area (Å²) in [6.07, 6.45) is 2.34. The van der Waals surface area contributed by atoms with Gasteiger partial charge < -0.3 is 9.80 Å². The molecule has 0 aliphatic carbocycles. The smallest absolute Gasteiger partial charge is 0.242 e. The number of carbonyl (C=O) groups excluding carboxylic acids is 1. The average Bonchev–Trinajstić information content (AvgIpc) is 2.82. The van der Waals surface area contributed by atoms with Crippen molar-refractivity contribution in [2.45, 2.75) is 32.2 Å². The lowest BCUT2D eigenvalue weighted by molar-refractivity contribution is -0.142. The molecule has 1 amide bonds. The Morgan fingerprint density at radius 2 is 1.47 bits per heavy atom. The molecule has 0 aromatic carbocycles. The molecule has 98 valence electrons. The van der Waals surface area contributed by atoms with Crippen LogP contribution in [-0.2, 0) is 4.79 Å². The Morgan fingerprint density at radius 3 is 2.00 bits per heavy atom. The van der Waals surface area contributed by atoms with Crippen molar-refractivity contribution in [3.05, 3.63) is 0 Å². The number of nitrogens with zero attached hydrogens (tertiary/aromatic N) is 3. The topological polar surface area (TPSA) is 26.8 Å². The highest BCUT2D eigenvalue weighted by Gasteiger charge is 2.39. The fourth-order valence-electron chi connectivity index (χ4n) is 2.81. The van der Waals surface area contributed by atoms with Crippen LogP contribution in [0.3, 0.4) is 0 Å². The molecule has 0 N–H and O–H groups in total. The van der Waals surface area contributed by atoms with Gasteiger partial charge in [-0.25, -0.2) is 0 Å². The molecule has 0 spiro atoms. The van der Waals surface area contributed by atoms with Crippen LogP contribution in [0.15, 0.2) is 0 Å².